The molecule has 9 nitrogen and oxygen atoms in total. The molecule has 0 saturated carbocycles. The molecule has 0 amide bonds. The first-order valence-electron chi connectivity index (χ1n) is 11.1. The van der Waals surface area contributed by atoms with Gasteiger partial charge in [0.2, 0.25) is 10.0 Å². The molecule has 35 heavy (non-hydrogen) atoms. The molecule has 3 N–H and O–H groups in total. The molecule has 2 aromatic rings. The number of sulfonamides is 1. The Bertz CT molecular complexity index is 1120. The standard InChI is InChI=1S/C24H31N3O6S2/c1-4-33-22(28)18-8-7-9-19(16-18)26-24(34)25-15-6-5-10-21(23(29)32-3)27-35(30,31)20-13-11-17(2)12-14-20/h7-9,11-14,16,21,27H,4-6,10,15H2,1-3H3,(H2,25,26,34). The average Bonchev–Trinajstić information content (AvgIpc) is 2.83. The van der Waals surface area contributed by atoms with Gasteiger partial charge in [0.25, 0.3) is 0 Å². The fourth-order valence-electron chi connectivity index (χ4n) is 3.13. The van der Waals surface area contributed by atoms with Gasteiger partial charge in [0.15, 0.2) is 5.11 Å². The Hall–Kier alpha value is -3.02. The van der Waals surface area contributed by atoms with Crippen LogP contribution in [0.2, 0.25) is 0 Å². The van der Waals surface area contributed by atoms with Crippen LogP contribution in [0.25, 0.3) is 0 Å². The minimum absolute atomic E-state index is 0.0853. The van der Waals surface area contributed by atoms with Gasteiger partial charge in [0.05, 0.1) is 24.2 Å². The largest absolute Gasteiger partial charge is 0.468 e. The number of hydrogen-bond donors (Lipinski definition) is 3. The summed E-state index contributed by atoms with van der Waals surface area (Å²) in [5.41, 5.74) is 1.99. The first-order valence-corrected chi connectivity index (χ1v) is 13.0. The van der Waals surface area contributed by atoms with Crippen molar-refractivity contribution in [3.05, 3.63) is 59.7 Å². The van der Waals surface area contributed by atoms with Crippen LogP contribution in [0, 0.1) is 6.92 Å². The van der Waals surface area contributed by atoms with Gasteiger partial charge in [-0.1, -0.05) is 23.8 Å². The Morgan fingerprint density at radius 1 is 1.09 bits per heavy atom. The molecule has 11 heteroatoms. The number of hydrogen-bond acceptors (Lipinski definition) is 7. The molecule has 0 bridgehead atoms. The molecule has 0 fully saturated rings. The van der Waals surface area contributed by atoms with Crippen LogP contribution in [-0.2, 0) is 24.3 Å². The molecule has 0 aromatic heterocycles. The van der Waals surface area contributed by atoms with Crippen LogP contribution in [0.4, 0.5) is 5.69 Å². The molecule has 0 aliphatic heterocycles. The van der Waals surface area contributed by atoms with Crippen molar-refractivity contribution in [3.8, 4) is 0 Å². The second kappa shape index (κ2) is 13.8. The lowest BCUT2D eigenvalue weighted by Gasteiger charge is -2.17. The number of anilines is 1. The minimum atomic E-state index is -3.87. The summed E-state index contributed by atoms with van der Waals surface area (Å²) in [7, 11) is -2.65. The number of benzene rings is 2. The third-order valence-electron chi connectivity index (χ3n) is 4.95. The summed E-state index contributed by atoms with van der Waals surface area (Å²) in [4.78, 5) is 24.1. The summed E-state index contributed by atoms with van der Waals surface area (Å²) >= 11 is 5.29. The smallest absolute Gasteiger partial charge is 0.338 e. The number of methoxy groups -OCH3 is 1. The maximum absolute atomic E-state index is 12.6. The number of carbonyl (C=O) groups is 2. The minimum Gasteiger partial charge on any atom is -0.468 e. The molecule has 0 aliphatic rings. The van der Waals surface area contributed by atoms with Crippen LogP contribution in [-0.4, -0.2) is 51.8 Å². The number of unbranched alkanes of at least 4 members (excludes halogenated alkanes) is 1. The topological polar surface area (TPSA) is 123 Å². The molecule has 0 saturated heterocycles. The molecule has 0 spiro atoms. The van der Waals surface area contributed by atoms with Crippen molar-refractivity contribution in [1.29, 1.82) is 0 Å². The normalized spacial score (nSPS) is 11.9. The number of carbonyl (C=O) groups excluding carboxylic acids is 2. The van der Waals surface area contributed by atoms with Crippen molar-refractivity contribution in [2.45, 2.75) is 44.0 Å². The second-order valence-electron chi connectivity index (χ2n) is 7.69. The van der Waals surface area contributed by atoms with Crippen LogP contribution in [0.1, 0.15) is 42.1 Å². The Balaban J connectivity index is 1.82. The summed E-state index contributed by atoms with van der Waals surface area (Å²) in [5, 5.41) is 6.43. The quantitative estimate of drug-likeness (QED) is 0.220. The Morgan fingerprint density at radius 2 is 1.80 bits per heavy atom. The number of thiocarbonyl (C=S) groups is 1. The fourth-order valence-corrected chi connectivity index (χ4v) is 4.57. The Morgan fingerprint density at radius 3 is 2.46 bits per heavy atom. The van der Waals surface area contributed by atoms with Gasteiger partial charge in [-0.05, 0) is 75.7 Å². The van der Waals surface area contributed by atoms with Crippen LogP contribution < -0.4 is 15.4 Å². The highest BCUT2D eigenvalue weighted by Crippen LogP contribution is 2.14. The van der Waals surface area contributed by atoms with E-state index in [1.165, 1.54) is 19.2 Å². The van der Waals surface area contributed by atoms with Crippen molar-refractivity contribution in [2.75, 3.05) is 25.6 Å². The van der Waals surface area contributed by atoms with E-state index in [2.05, 4.69) is 15.4 Å². The van der Waals surface area contributed by atoms with E-state index < -0.39 is 28.0 Å². The molecule has 190 valence electrons. The van der Waals surface area contributed by atoms with Crippen molar-refractivity contribution < 1.29 is 27.5 Å². The van der Waals surface area contributed by atoms with Crippen LogP contribution in [0.3, 0.4) is 0 Å². The average molecular weight is 522 g/mol. The highest BCUT2D eigenvalue weighted by Gasteiger charge is 2.26. The summed E-state index contributed by atoms with van der Waals surface area (Å²) < 4.78 is 37.5. The maximum atomic E-state index is 12.6. The number of esters is 2. The van der Waals surface area contributed by atoms with E-state index >= 15 is 0 Å². The van der Waals surface area contributed by atoms with Crippen LogP contribution in [0.5, 0.6) is 0 Å². The molecule has 2 aromatic carbocycles. The van der Waals surface area contributed by atoms with E-state index in [-0.39, 0.29) is 11.3 Å². The zero-order chi connectivity index (χ0) is 25.8. The SMILES string of the molecule is CCOC(=O)c1cccc(NC(=S)NCCCCC(NS(=O)(=O)c2ccc(C)cc2)C(=O)OC)c1. The molecular weight excluding hydrogens is 490 g/mol. The van der Waals surface area contributed by atoms with E-state index in [1.807, 2.05) is 6.92 Å². The first kappa shape index (κ1) is 28.2. The number of rotatable bonds is 12. The zero-order valence-electron chi connectivity index (χ0n) is 20.0. The summed E-state index contributed by atoms with van der Waals surface area (Å²) in [5.74, 6) is -1.06. The summed E-state index contributed by atoms with van der Waals surface area (Å²) in [6.07, 6.45) is 1.44. The third kappa shape index (κ3) is 9.27. The lowest BCUT2D eigenvalue weighted by molar-refractivity contribution is -0.142. The Labute approximate surface area is 211 Å². The first-order chi connectivity index (χ1) is 16.7. The van der Waals surface area contributed by atoms with Gasteiger partial charge in [-0.2, -0.15) is 4.72 Å². The zero-order valence-corrected chi connectivity index (χ0v) is 21.6. The lowest BCUT2D eigenvalue weighted by Crippen LogP contribution is -2.41. The predicted octanol–water partition coefficient (Wildman–Crippen LogP) is 3.15. The highest BCUT2D eigenvalue weighted by atomic mass is 32.2. The van der Waals surface area contributed by atoms with E-state index in [0.717, 1.165) is 5.56 Å². The summed E-state index contributed by atoms with van der Waals surface area (Å²) in [6.45, 7) is 4.39. The van der Waals surface area contributed by atoms with E-state index in [4.69, 9.17) is 21.7 Å². The fraction of sp³-hybridized carbons (Fsp3) is 0.375. The lowest BCUT2D eigenvalue weighted by atomic mass is 10.1. The van der Waals surface area contributed by atoms with Gasteiger partial charge in [0.1, 0.15) is 6.04 Å². The van der Waals surface area contributed by atoms with Crippen molar-refractivity contribution in [3.63, 3.8) is 0 Å². The van der Waals surface area contributed by atoms with Gasteiger partial charge in [-0.3, -0.25) is 4.79 Å². The highest BCUT2D eigenvalue weighted by molar-refractivity contribution is 7.89. The molecule has 1 atom stereocenters. The van der Waals surface area contributed by atoms with E-state index in [1.54, 1.807) is 43.3 Å². The number of nitrogens with one attached hydrogen (secondary N) is 3. The van der Waals surface area contributed by atoms with Gasteiger partial charge in [-0.25, -0.2) is 13.2 Å². The molecule has 0 aliphatic carbocycles. The van der Waals surface area contributed by atoms with Crippen LogP contribution in [0.15, 0.2) is 53.4 Å². The maximum Gasteiger partial charge on any atom is 0.338 e. The number of aryl methyl sites for hydroxylation is 1. The van der Waals surface area contributed by atoms with Crippen molar-refractivity contribution in [2.24, 2.45) is 0 Å². The third-order valence-corrected chi connectivity index (χ3v) is 6.69. The molecule has 0 radical (unpaired) electrons. The van der Waals surface area contributed by atoms with Gasteiger partial charge >= 0.3 is 11.9 Å². The van der Waals surface area contributed by atoms with Gasteiger partial charge < -0.3 is 20.1 Å². The van der Waals surface area contributed by atoms with E-state index in [9.17, 15) is 18.0 Å². The van der Waals surface area contributed by atoms with Gasteiger partial charge in [0, 0.05) is 12.2 Å². The predicted molar refractivity (Wildman–Crippen MR) is 138 cm³/mol. The molecule has 2 rings (SSSR count). The van der Waals surface area contributed by atoms with Crippen molar-refractivity contribution >= 4 is 45.0 Å². The number of ether oxygens (including phenoxy) is 2. The van der Waals surface area contributed by atoms with E-state index in [0.29, 0.717) is 42.4 Å². The molecular formula is C24H31N3O6S2. The Kier molecular flexibility index (Phi) is 11.1. The summed E-state index contributed by atoms with van der Waals surface area (Å²) in [6, 6.07) is 12.2. The van der Waals surface area contributed by atoms with Crippen molar-refractivity contribution in [1.82, 2.24) is 10.0 Å². The molecule has 0 heterocycles. The molecule has 1 unspecified atom stereocenters. The second-order valence-corrected chi connectivity index (χ2v) is 9.81. The van der Waals surface area contributed by atoms with Crippen LogP contribution >= 0.6 is 12.2 Å². The monoisotopic (exact) mass is 521 g/mol. The van der Waals surface area contributed by atoms with Gasteiger partial charge in [-0.15, -0.1) is 0 Å².